The zero-order chi connectivity index (χ0) is 7.56. The molecule has 0 aromatic heterocycles. The molecule has 6 heteroatoms. The Labute approximate surface area is 59.5 Å². The van der Waals surface area contributed by atoms with Gasteiger partial charge in [-0.25, -0.2) is 4.79 Å². The molecule has 0 aromatic carbocycles. The lowest BCUT2D eigenvalue weighted by molar-refractivity contribution is -0.141. The normalized spacial score (nSPS) is 23.4. The standard InChI is InChI=1S/C4H6BN3O2/c1-10-4(9)3-2-8(5)7-6-3/h3H,2H2,1H3/q-1. The summed E-state index contributed by atoms with van der Waals surface area (Å²) < 4.78 is 4.41. The van der Waals surface area contributed by atoms with Crippen LogP contribution in [0.15, 0.2) is 10.3 Å². The van der Waals surface area contributed by atoms with Gasteiger partial charge in [-0.05, 0) is 0 Å². The Hall–Kier alpha value is -1.07. The highest BCUT2D eigenvalue weighted by atomic mass is 16.5. The summed E-state index contributed by atoms with van der Waals surface area (Å²) in [5, 5.41) is 6.96. The third kappa shape index (κ3) is 1.26. The molecule has 0 N–H and O–H groups in total. The van der Waals surface area contributed by atoms with Gasteiger partial charge < -0.3 is 17.6 Å². The highest BCUT2D eigenvalue weighted by Gasteiger charge is 2.20. The average molecular weight is 139 g/mol. The number of nitrogens with zero attached hydrogens (tertiary/aromatic N) is 3. The largest absolute Gasteiger partial charge is 0.555 e. The van der Waals surface area contributed by atoms with Gasteiger partial charge in [0.2, 0.25) is 0 Å². The van der Waals surface area contributed by atoms with Crippen molar-refractivity contribution >= 4 is 14.0 Å². The quantitative estimate of drug-likeness (QED) is 0.356. The van der Waals surface area contributed by atoms with E-state index in [0.29, 0.717) is 6.54 Å². The second-order valence-electron chi connectivity index (χ2n) is 1.87. The molecule has 0 amide bonds. The van der Waals surface area contributed by atoms with Crippen molar-refractivity contribution in [3.05, 3.63) is 0 Å². The Kier molecular flexibility index (Phi) is 1.89. The molecule has 3 radical (unpaired) electrons. The monoisotopic (exact) mass is 139 g/mol. The first kappa shape index (κ1) is 7.05. The van der Waals surface area contributed by atoms with Gasteiger partial charge in [0.25, 0.3) is 0 Å². The van der Waals surface area contributed by atoms with Gasteiger partial charge in [0.15, 0.2) is 6.04 Å². The van der Waals surface area contributed by atoms with Crippen LogP contribution in [0.4, 0.5) is 0 Å². The fraction of sp³-hybridized carbons (Fsp3) is 0.750. The van der Waals surface area contributed by atoms with Gasteiger partial charge in [0.05, 0.1) is 7.11 Å². The second kappa shape index (κ2) is 2.68. The van der Waals surface area contributed by atoms with E-state index < -0.39 is 12.0 Å². The number of carbonyl (C=O) groups is 1. The fourth-order valence-corrected chi connectivity index (χ4v) is 0.637. The molecule has 0 fully saturated rings. The number of hydrogen-bond donors (Lipinski definition) is 0. The van der Waals surface area contributed by atoms with Crippen molar-refractivity contribution in [1.82, 2.24) is 4.92 Å². The van der Waals surface area contributed by atoms with E-state index in [1.165, 1.54) is 7.11 Å². The molecule has 1 heterocycles. The maximum absolute atomic E-state index is 10.7. The van der Waals surface area contributed by atoms with Crippen LogP contribution in [0.2, 0.25) is 0 Å². The molecule has 0 bridgehead atoms. The molecule has 0 saturated heterocycles. The smallest absolute Gasteiger partial charge is 0.334 e. The zero-order valence-corrected chi connectivity index (χ0v) is 5.52. The van der Waals surface area contributed by atoms with E-state index in [9.17, 15) is 4.79 Å². The van der Waals surface area contributed by atoms with Crippen LogP contribution in [0.1, 0.15) is 0 Å². The van der Waals surface area contributed by atoms with E-state index in [1.807, 2.05) is 0 Å². The van der Waals surface area contributed by atoms with Gasteiger partial charge >= 0.3 is 5.97 Å². The van der Waals surface area contributed by atoms with Crippen LogP contribution in [0.25, 0.3) is 0 Å². The summed E-state index contributed by atoms with van der Waals surface area (Å²) in [6.45, 7) is 0.298. The first-order valence-corrected chi connectivity index (χ1v) is 2.75. The van der Waals surface area contributed by atoms with Gasteiger partial charge in [0, 0.05) is 6.54 Å². The Bertz CT molecular complexity index is 172. The Morgan fingerprint density at radius 3 is 3.00 bits per heavy atom. The molecule has 0 aliphatic carbocycles. The summed E-state index contributed by atoms with van der Waals surface area (Å²) in [5.74, 6) is -0.406. The van der Waals surface area contributed by atoms with Crippen molar-refractivity contribution in [2.45, 2.75) is 6.04 Å². The van der Waals surface area contributed by atoms with Crippen LogP contribution in [-0.2, 0) is 9.53 Å². The number of methoxy groups -OCH3 is 1. The summed E-state index contributed by atoms with van der Waals surface area (Å²) in [4.78, 5) is 11.8. The third-order valence-corrected chi connectivity index (χ3v) is 1.14. The lowest BCUT2D eigenvalue weighted by atomic mass is 10.3. The molecule has 5 nitrogen and oxygen atoms in total. The molecule has 1 rings (SSSR count). The minimum Gasteiger partial charge on any atom is -0.555 e. The lowest BCUT2D eigenvalue weighted by Crippen LogP contribution is -2.26. The fourth-order valence-electron chi connectivity index (χ4n) is 0.637. The Morgan fingerprint density at radius 2 is 2.60 bits per heavy atom. The van der Waals surface area contributed by atoms with E-state index in [4.69, 9.17) is 7.98 Å². The SMILES string of the molecule is [B-]N1CC(C(=O)OC)N=N1. The molecule has 0 aromatic rings. The highest BCUT2D eigenvalue weighted by Crippen LogP contribution is 2.06. The topological polar surface area (TPSA) is 54.3 Å². The number of esters is 1. The van der Waals surface area contributed by atoms with Gasteiger partial charge in [-0.15, -0.1) is 5.22 Å². The minimum absolute atomic E-state index is 0.298. The summed E-state index contributed by atoms with van der Waals surface area (Å²) in [6, 6.07) is -0.546. The molecular formula is C4H6BN3O2-. The van der Waals surface area contributed by atoms with Crippen LogP contribution in [-0.4, -0.2) is 38.6 Å². The molecule has 1 aliphatic rings. The summed E-state index contributed by atoms with van der Waals surface area (Å²) >= 11 is 0. The highest BCUT2D eigenvalue weighted by molar-refractivity contribution is 6.04. The maximum Gasteiger partial charge on any atom is 0.334 e. The minimum atomic E-state index is -0.546. The summed E-state index contributed by atoms with van der Waals surface area (Å²) in [7, 11) is 6.49. The van der Waals surface area contributed by atoms with Crippen molar-refractivity contribution in [3.63, 3.8) is 0 Å². The van der Waals surface area contributed by atoms with Gasteiger partial charge in [-0.3, -0.25) is 0 Å². The average Bonchev–Trinajstić information content (AvgIpc) is 2.34. The summed E-state index contributed by atoms with van der Waals surface area (Å²) in [6.07, 6.45) is 0. The van der Waals surface area contributed by atoms with Crippen molar-refractivity contribution in [1.29, 1.82) is 0 Å². The van der Waals surface area contributed by atoms with Crippen LogP contribution >= 0.6 is 0 Å². The first-order valence-electron chi connectivity index (χ1n) is 2.75. The summed E-state index contributed by atoms with van der Waals surface area (Å²) in [5.41, 5.74) is 0. The van der Waals surface area contributed by atoms with Crippen LogP contribution in [0, 0.1) is 0 Å². The van der Waals surface area contributed by atoms with Crippen molar-refractivity contribution in [3.8, 4) is 0 Å². The predicted molar refractivity (Wildman–Crippen MR) is 33.1 cm³/mol. The maximum atomic E-state index is 10.7. The van der Waals surface area contributed by atoms with Crippen LogP contribution in [0.5, 0.6) is 0 Å². The van der Waals surface area contributed by atoms with Gasteiger partial charge in [-0.1, -0.05) is 0 Å². The van der Waals surface area contributed by atoms with E-state index in [0.717, 1.165) is 4.92 Å². The molecule has 10 heavy (non-hydrogen) atoms. The van der Waals surface area contributed by atoms with Crippen LogP contribution < -0.4 is 0 Å². The Morgan fingerprint density at radius 1 is 1.90 bits per heavy atom. The number of hydrogen-bond acceptors (Lipinski definition) is 5. The number of carbonyl (C=O) groups excluding carboxylic acids is 1. The van der Waals surface area contributed by atoms with E-state index in [1.54, 1.807) is 0 Å². The lowest BCUT2D eigenvalue weighted by Gasteiger charge is -2.21. The van der Waals surface area contributed by atoms with Gasteiger partial charge in [0.1, 0.15) is 0 Å². The molecule has 1 unspecified atom stereocenters. The first-order chi connectivity index (χ1) is 4.74. The predicted octanol–water partition coefficient (Wildman–Crippen LogP) is -0.706. The molecule has 0 spiro atoms. The molecular weight excluding hydrogens is 133 g/mol. The van der Waals surface area contributed by atoms with Crippen molar-refractivity contribution in [2.24, 2.45) is 10.3 Å². The Balaban J connectivity index is 2.46. The van der Waals surface area contributed by atoms with Crippen molar-refractivity contribution in [2.75, 3.05) is 13.7 Å². The van der Waals surface area contributed by atoms with Crippen molar-refractivity contribution < 1.29 is 9.53 Å². The van der Waals surface area contributed by atoms with Crippen LogP contribution in [0.3, 0.4) is 0 Å². The van der Waals surface area contributed by atoms with E-state index >= 15 is 0 Å². The molecule has 1 aliphatic heterocycles. The van der Waals surface area contributed by atoms with Gasteiger partial charge in [-0.2, -0.15) is 5.11 Å². The van der Waals surface area contributed by atoms with E-state index in [2.05, 4.69) is 15.1 Å². The second-order valence-corrected chi connectivity index (χ2v) is 1.87. The number of ether oxygens (including phenoxy) is 1. The molecule has 1 atom stereocenters. The molecule has 0 saturated carbocycles. The number of rotatable bonds is 1. The van der Waals surface area contributed by atoms with E-state index in [-0.39, 0.29) is 0 Å². The third-order valence-electron chi connectivity index (χ3n) is 1.14. The molecule has 53 valence electrons. The zero-order valence-electron chi connectivity index (χ0n) is 5.52.